The Balaban J connectivity index is 2.09. The van der Waals surface area contributed by atoms with E-state index in [2.05, 4.69) is 24.5 Å². The van der Waals surface area contributed by atoms with Crippen molar-refractivity contribution in [3.8, 4) is 0 Å². The average Bonchev–Trinajstić information content (AvgIpc) is 2.17. The van der Waals surface area contributed by atoms with Crippen LogP contribution in [0.25, 0.3) is 0 Å². The SMILES string of the molecule is CCCC(C)CNC1CCC(=O)NC1. The Labute approximate surface area is 86.6 Å². The van der Waals surface area contributed by atoms with Gasteiger partial charge in [0, 0.05) is 19.0 Å². The van der Waals surface area contributed by atoms with Crippen molar-refractivity contribution in [2.24, 2.45) is 5.92 Å². The number of piperidine rings is 1. The van der Waals surface area contributed by atoms with Crippen LogP contribution in [-0.2, 0) is 4.79 Å². The van der Waals surface area contributed by atoms with E-state index in [9.17, 15) is 4.79 Å². The number of nitrogens with one attached hydrogen (secondary N) is 2. The minimum atomic E-state index is 0.199. The molecule has 82 valence electrons. The molecule has 0 aromatic heterocycles. The van der Waals surface area contributed by atoms with Crippen molar-refractivity contribution < 1.29 is 4.79 Å². The lowest BCUT2D eigenvalue weighted by molar-refractivity contribution is -0.122. The predicted molar refractivity (Wildman–Crippen MR) is 58.1 cm³/mol. The standard InChI is InChI=1S/C11H22N2O/c1-3-4-9(2)7-12-10-5-6-11(14)13-8-10/h9-10,12H,3-8H2,1-2H3,(H,13,14). The molecule has 0 aromatic rings. The van der Waals surface area contributed by atoms with Crippen molar-refractivity contribution in [3.63, 3.8) is 0 Å². The highest BCUT2D eigenvalue weighted by atomic mass is 16.1. The van der Waals surface area contributed by atoms with E-state index in [1.54, 1.807) is 0 Å². The topological polar surface area (TPSA) is 41.1 Å². The Morgan fingerprint density at radius 1 is 1.64 bits per heavy atom. The lowest BCUT2D eigenvalue weighted by Gasteiger charge is -2.25. The zero-order chi connectivity index (χ0) is 10.4. The zero-order valence-electron chi connectivity index (χ0n) is 9.31. The molecule has 1 aliphatic heterocycles. The van der Waals surface area contributed by atoms with Gasteiger partial charge in [-0.25, -0.2) is 0 Å². The number of hydrogen-bond donors (Lipinski definition) is 2. The molecular weight excluding hydrogens is 176 g/mol. The third-order valence-electron chi connectivity index (χ3n) is 2.80. The van der Waals surface area contributed by atoms with Gasteiger partial charge in [0.05, 0.1) is 0 Å². The van der Waals surface area contributed by atoms with Gasteiger partial charge in [-0.3, -0.25) is 4.79 Å². The highest BCUT2D eigenvalue weighted by molar-refractivity contribution is 5.76. The molecule has 2 unspecified atom stereocenters. The van der Waals surface area contributed by atoms with Crippen LogP contribution in [0.1, 0.15) is 39.5 Å². The van der Waals surface area contributed by atoms with Crippen molar-refractivity contribution in [2.75, 3.05) is 13.1 Å². The van der Waals surface area contributed by atoms with Gasteiger partial charge in [0.25, 0.3) is 0 Å². The molecule has 2 N–H and O–H groups in total. The molecule has 1 heterocycles. The fourth-order valence-corrected chi connectivity index (χ4v) is 1.87. The molecule has 0 radical (unpaired) electrons. The lowest BCUT2D eigenvalue weighted by Crippen LogP contribution is -2.46. The first-order valence-electron chi connectivity index (χ1n) is 5.72. The fraction of sp³-hybridized carbons (Fsp3) is 0.909. The average molecular weight is 198 g/mol. The maximum atomic E-state index is 10.9. The van der Waals surface area contributed by atoms with Gasteiger partial charge in [0.2, 0.25) is 5.91 Å². The lowest BCUT2D eigenvalue weighted by atomic mass is 10.0. The van der Waals surface area contributed by atoms with Gasteiger partial charge in [0.1, 0.15) is 0 Å². The first-order valence-corrected chi connectivity index (χ1v) is 5.72. The highest BCUT2D eigenvalue weighted by Gasteiger charge is 2.17. The van der Waals surface area contributed by atoms with Crippen LogP contribution in [0, 0.1) is 5.92 Å². The van der Waals surface area contributed by atoms with Gasteiger partial charge >= 0.3 is 0 Å². The number of hydrogen-bond acceptors (Lipinski definition) is 2. The fourth-order valence-electron chi connectivity index (χ4n) is 1.87. The minimum absolute atomic E-state index is 0.199. The monoisotopic (exact) mass is 198 g/mol. The molecule has 14 heavy (non-hydrogen) atoms. The van der Waals surface area contributed by atoms with Crippen LogP contribution in [0.3, 0.4) is 0 Å². The summed E-state index contributed by atoms with van der Waals surface area (Å²) in [6, 6.07) is 0.493. The first kappa shape index (κ1) is 11.5. The van der Waals surface area contributed by atoms with Crippen LogP contribution in [0.5, 0.6) is 0 Å². The van der Waals surface area contributed by atoms with Crippen LogP contribution >= 0.6 is 0 Å². The summed E-state index contributed by atoms with van der Waals surface area (Å²) in [5.74, 6) is 0.947. The molecule has 0 spiro atoms. The summed E-state index contributed by atoms with van der Waals surface area (Å²) in [5.41, 5.74) is 0. The molecule has 1 fully saturated rings. The van der Waals surface area contributed by atoms with Crippen LogP contribution in [0.2, 0.25) is 0 Å². The maximum absolute atomic E-state index is 10.9. The second kappa shape index (κ2) is 6.02. The van der Waals surface area contributed by atoms with Crippen molar-refractivity contribution in [1.29, 1.82) is 0 Å². The molecular formula is C11H22N2O. The largest absolute Gasteiger partial charge is 0.355 e. The van der Waals surface area contributed by atoms with Gasteiger partial charge in [0.15, 0.2) is 0 Å². The smallest absolute Gasteiger partial charge is 0.220 e. The Hall–Kier alpha value is -0.570. The van der Waals surface area contributed by atoms with E-state index in [1.165, 1.54) is 12.8 Å². The van der Waals surface area contributed by atoms with E-state index in [4.69, 9.17) is 0 Å². The number of amides is 1. The van der Waals surface area contributed by atoms with Crippen molar-refractivity contribution in [1.82, 2.24) is 10.6 Å². The molecule has 0 aliphatic carbocycles. The highest BCUT2D eigenvalue weighted by Crippen LogP contribution is 2.06. The summed E-state index contributed by atoms with van der Waals surface area (Å²) in [7, 11) is 0. The van der Waals surface area contributed by atoms with E-state index in [-0.39, 0.29) is 5.91 Å². The molecule has 0 bridgehead atoms. The summed E-state index contributed by atoms with van der Waals surface area (Å²) in [4.78, 5) is 10.9. The molecule has 1 aliphatic rings. The summed E-state index contributed by atoms with van der Waals surface area (Å²) in [5, 5.41) is 6.40. The van der Waals surface area contributed by atoms with E-state index in [0.717, 1.165) is 25.4 Å². The molecule has 2 atom stereocenters. The summed E-state index contributed by atoms with van der Waals surface area (Å²) < 4.78 is 0. The second-order valence-electron chi connectivity index (χ2n) is 4.34. The summed E-state index contributed by atoms with van der Waals surface area (Å²) >= 11 is 0. The normalized spacial score (nSPS) is 24.4. The van der Waals surface area contributed by atoms with Crippen molar-refractivity contribution in [3.05, 3.63) is 0 Å². The quantitative estimate of drug-likeness (QED) is 0.699. The van der Waals surface area contributed by atoms with E-state index < -0.39 is 0 Å². The molecule has 1 saturated heterocycles. The molecule has 3 heteroatoms. The summed E-state index contributed by atoms with van der Waals surface area (Å²) in [6.45, 7) is 6.38. The molecule has 0 saturated carbocycles. The Morgan fingerprint density at radius 3 is 3.00 bits per heavy atom. The number of carbonyl (C=O) groups is 1. The van der Waals surface area contributed by atoms with E-state index in [0.29, 0.717) is 12.5 Å². The Morgan fingerprint density at radius 2 is 2.43 bits per heavy atom. The molecule has 3 nitrogen and oxygen atoms in total. The van der Waals surface area contributed by atoms with Gasteiger partial charge in [-0.15, -0.1) is 0 Å². The molecule has 0 aromatic carbocycles. The van der Waals surface area contributed by atoms with Crippen LogP contribution in [0.4, 0.5) is 0 Å². The predicted octanol–water partition coefficient (Wildman–Crippen LogP) is 1.29. The van der Waals surface area contributed by atoms with Gasteiger partial charge in [-0.1, -0.05) is 20.3 Å². The van der Waals surface area contributed by atoms with E-state index >= 15 is 0 Å². The zero-order valence-corrected chi connectivity index (χ0v) is 9.31. The van der Waals surface area contributed by atoms with Crippen LogP contribution < -0.4 is 10.6 Å². The third-order valence-corrected chi connectivity index (χ3v) is 2.80. The van der Waals surface area contributed by atoms with Gasteiger partial charge in [-0.2, -0.15) is 0 Å². The number of carbonyl (C=O) groups excluding carboxylic acids is 1. The third kappa shape index (κ3) is 4.09. The minimum Gasteiger partial charge on any atom is -0.355 e. The van der Waals surface area contributed by atoms with Gasteiger partial charge in [-0.05, 0) is 25.3 Å². The van der Waals surface area contributed by atoms with Crippen LogP contribution in [0.15, 0.2) is 0 Å². The van der Waals surface area contributed by atoms with E-state index in [1.807, 2.05) is 0 Å². The van der Waals surface area contributed by atoms with Crippen LogP contribution in [-0.4, -0.2) is 25.0 Å². The number of rotatable bonds is 5. The van der Waals surface area contributed by atoms with Crippen molar-refractivity contribution in [2.45, 2.75) is 45.6 Å². The Kier molecular flexibility index (Phi) is 4.94. The summed E-state index contributed by atoms with van der Waals surface area (Å²) in [6.07, 6.45) is 4.21. The molecule has 1 amide bonds. The second-order valence-corrected chi connectivity index (χ2v) is 4.34. The Bertz CT molecular complexity index is 172. The van der Waals surface area contributed by atoms with Crippen molar-refractivity contribution >= 4 is 5.91 Å². The van der Waals surface area contributed by atoms with Gasteiger partial charge < -0.3 is 10.6 Å². The molecule has 1 rings (SSSR count). The first-order chi connectivity index (χ1) is 6.72. The maximum Gasteiger partial charge on any atom is 0.220 e.